The normalized spacial score (nSPS) is 26.3. The molecule has 0 amide bonds. The zero-order valence-corrected chi connectivity index (χ0v) is 11.9. The van der Waals surface area contributed by atoms with E-state index < -0.39 is 5.82 Å². The Balaban J connectivity index is 1.77. The highest BCUT2D eigenvalue weighted by molar-refractivity contribution is 5.69. The van der Waals surface area contributed by atoms with Gasteiger partial charge < -0.3 is 15.8 Å². The number of ether oxygens (including phenoxy) is 1. The molecule has 2 atom stereocenters. The molecule has 2 fully saturated rings. The number of hydrogen-bond donors (Lipinski definition) is 2. The lowest BCUT2D eigenvalue weighted by Gasteiger charge is -2.33. The van der Waals surface area contributed by atoms with Gasteiger partial charge in [0, 0.05) is 30.8 Å². The summed E-state index contributed by atoms with van der Waals surface area (Å²) in [6.07, 6.45) is 4.94. The molecule has 1 aromatic rings. The maximum Gasteiger partial charge on any atom is 0.167 e. The van der Waals surface area contributed by atoms with E-state index in [4.69, 9.17) is 10.5 Å². The molecule has 20 heavy (non-hydrogen) atoms. The number of benzene rings is 1. The number of piperidine rings is 1. The van der Waals surface area contributed by atoms with Crippen molar-refractivity contribution in [3.8, 4) is 5.75 Å². The van der Waals surface area contributed by atoms with Gasteiger partial charge in [0.2, 0.25) is 0 Å². The van der Waals surface area contributed by atoms with Gasteiger partial charge in [-0.25, -0.2) is 4.39 Å². The van der Waals surface area contributed by atoms with Crippen LogP contribution < -0.4 is 15.8 Å². The molecule has 2 saturated heterocycles. The van der Waals surface area contributed by atoms with Crippen LogP contribution in [-0.4, -0.2) is 37.2 Å². The van der Waals surface area contributed by atoms with Gasteiger partial charge in [-0.05, 0) is 25.8 Å². The topological polar surface area (TPSA) is 50.5 Å². The Hall–Kier alpha value is -1.49. The van der Waals surface area contributed by atoms with Gasteiger partial charge in [-0.1, -0.05) is 6.42 Å². The maximum absolute atomic E-state index is 13.6. The lowest BCUT2D eigenvalue weighted by atomic mass is 9.98. The first kappa shape index (κ1) is 13.5. The Morgan fingerprint density at radius 3 is 2.95 bits per heavy atom. The number of nitrogens with two attached hydrogens (primary N) is 1. The van der Waals surface area contributed by atoms with Crippen LogP contribution in [0.15, 0.2) is 12.1 Å². The molecule has 2 unspecified atom stereocenters. The van der Waals surface area contributed by atoms with Crippen molar-refractivity contribution < 1.29 is 9.13 Å². The van der Waals surface area contributed by atoms with Crippen molar-refractivity contribution in [2.24, 2.45) is 0 Å². The quantitative estimate of drug-likeness (QED) is 0.835. The third-order valence-electron chi connectivity index (χ3n) is 4.52. The van der Waals surface area contributed by atoms with Crippen LogP contribution in [0.5, 0.6) is 5.75 Å². The minimum atomic E-state index is -0.415. The van der Waals surface area contributed by atoms with Crippen molar-refractivity contribution in [1.82, 2.24) is 4.90 Å². The highest BCUT2D eigenvalue weighted by atomic mass is 19.1. The Kier molecular flexibility index (Phi) is 3.70. The number of nitrogen functional groups attached to an aromatic ring is 1. The van der Waals surface area contributed by atoms with Gasteiger partial charge in [0.05, 0.1) is 18.5 Å². The first-order valence-electron chi connectivity index (χ1n) is 7.32. The van der Waals surface area contributed by atoms with Crippen molar-refractivity contribution in [3.63, 3.8) is 0 Å². The fraction of sp³-hybridized carbons (Fsp3) is 0.600. The monoisotopic (exact) mass is 279 g/mol. The summed E-state index contributed by atoms with van der Waals surface area (Å²) in [5, 5.41) is 3.50. The van der Waals surface area contributed by atoms with Crippen LogP contribution in [0.3, 0.4) is 0 Å². The molecule has 110 valence electrons. The van der Waals surface area contributed by atoms with Crippen LogP contribution >= 0.6 is 0 Å². The molecule has 0 bridgehead atoms. The zero-order chi connectivity index (χ0) is 14.1. The van der Waals surface area contributed by atoms with Crippen molar-refractivity contribution in [2.45, 2.75) is 37.8 Å². The summed E-state index contributed by atoms with van der Waals surface area (Å²) in [4.78, 5) is 2.55. The van der Waals surface area contributed by atoms with E-state index in [-0.39, 0.29) is 5.75 Å². The third-order valence-corrected chi connectivity index (χ3v) is 4.52. The first-order valence-corrected chi connectivity index (χ1v) is 7.32. The van der Waals surface area contributed by atoms with Crippen LogP contribution in [0.2, 0.25) is 0 Å². The molecule has 0 saturated carbocycles. The fourth-order valence-electron chi connectivity index (χ4n) is 3.47. The van der Waals surface area contributed by atoms with E-state index in [0.29, 0.717) is 17.8 Å². The van der Waals surface area contributed by atoms with E-state index in [1.54, 1.807) is 6.07 Å². The van der Waals surface area contributed by atoms with E-state index in [9.17, 15) is 4.39 Å². The predicted octanol–water partition coefficient (Wildman–Crippen LogP) is 2.46. The summed E-state index contributed by atoms with van der Waals surface area (Å²) in [7, 11) is 1.47. The lowest BCUT2D eigenvalue weighted by molar-refractivity contribution is 0.193. The van der Waals surface area contributed by atoms with E-state index >= 15 is 0 Å². The molecule has 0 radical (unpaired) electrons. The smallest absolute Gasteiger partial charge is 0.167 e. The average molecular weight is 279 g/mol. The van der Waals surface area contributed by atoms with E-state index in [1.807, 2.05) is 0 Å². The van der Waals surface area contributed by atoms with Crippen LogP contribution in [0.4, 0.5) is 15.8 Å². The number of anilines is 2. The standard InChI is InChI=1S/C15H22FN3O/c1-20-15-9-13(11(17)8-10(15)16)18-12-5-7-19-6-3-2-4-14(12)19/h8-9,12,14,18H,2-7,17H2,1H3. The van der Waals surface area contributed by atoms with Crippen molar-refractivity contribution >= 4 is 11.4 Å². The fourth-order valence-corrected chi connectivity index (χ4v) is 3.47. The second-order valence-electron chi connectivity index (χ2n) is 5.71. The Morgan fingerprint density at radius 1 is 1.30 bits per heavy atom. The average Bonchev–Trinajstić information content (AvgIpc) is 2.85. The van der Waals surface area contributed by atoms with E-state index in [1.165, 1.54) is 39.0 Å². The summed E-state index contributed by atoms with van der Waals surface area (Å²) < 4.78 is 18.6. The summed E-state index contributed by atoms with van der Waals surface area (Å²) in [5.41, 5.74) is 7.14. The minimum absolute atomic E-state index is 0.236. The predicted molar refractivity (Wildman–Crippen MR) is 78.6 cm³/mol. The van der Waals surface area contributed by atoms with Crippen molar-refractivity contribution in [2.75, 3.05) is 31.2 Å². The lowest BCUT2D eigenvalue weighted by Crippen LogP contribution is -2.41. The van der Waals surface area contributed by atoms with Crippen molar-refractivity contribution in [1.29, 1.82) is 0 Å². The van der Waals surface area contributed by atoms with E-state index in [0.717, 1.165) is 18.7 Å². The SMILES string of the molecule is COc1cc(NC2CCN3CCCCC23)c(N)cc1F. The molecule has 4 nitrogen and oxygen atoms in total. The molecule has 2 aliphatic rings. The van der Waals surface area contributed by atoms with Crippen LogP contribution in [0.25, 0.3) is 0 Å². The molecule has 2 aliphatic heterocycles. The van der Waals surface area contributed by atoms with Crippen LogP contribution in [0, 0.1) is 5.82 Å². The largest absolute Gasteiger partial charge is 0.494 e. The second kappa shape index (κ2) is 5.48. The van der Waals surface area contributed by atoms with Gasteiger partial charge in [0.15, 0.2) is 11.6 Å². The molecule has 2 heterocycles. The second-order valence-corrected chi connectivity index (χ2v) is 5.71. The van der Waals surface area contributed by atoms with Gasteiger partial charge in [-0.2, -0.15) is 0 Å². The van der Waals surface area contributed by atoms with Crippen molar-refractivity contribution in [3.05, 3.63) is 17.9 Å². The molecule has 0 spiro atoms. The van der Waals surface area contributed by atoms with Gasteiger partial charge in [0.25, 0.3) is 0 Å². The Labute approximate surface area is 119 Å². The summed E-state index contributed by atoms with van der Waals surface area (Å²) in [5.74, 6) is -0.179. The third kappa shape index (κ3) is 2.42. The Bertz CT molecular complexity index is 494. The molecular weight excluding hydrogens is 257 g/mol. The number of methoxy groups -OCH3 is 1. The first-order chi connectivity index (χ1) is 9.69. The molecule has 1 aromatic carbocycles. The molecule has 0 aliphatic carbocycles. The van der Waals surface area contributed by atoms with Gasteiger partial charge in [-0.15, -0.1) is 0 Å². The molecule has 3 rings (SSSR count). The summed E-state index contributed by atoms with van der Waals surface area (Å²) >= 11 is 0. The number of nitrogens with zero attached hydrogens (tertiary/aromatic N) is 1. The zero-order valence-electron chi connectivity index (χ0n) is 11.9. The van der Waals surface area contributed by atoms with E-state index in [2.05, 4.69) is 10.2 Å². The van der Waals surface area contributed by atoms with Gasteiger partial charge >= 0.3 is 0 Å². The summed E-state index contributed by atoms with van der Waals surface area (Å²) in [6.45, 7) is 2.34. The van der Waals surface area contributed by atoms with Crippen LogP contribution in [0.1, 0.15) is 25.7 Å². The molecule has 3 N–H and O–H groups in total. The number of rotatable bonds is 3. The Morgan fingerprint density at radius 2 is 2.15 bits per heavy atom. The number of nitrogens with one attached hydrogen (secondary N) is 1. The molecule has 0 aromatic heterocycles. The highest BCUT2D eigenvalue weighted by Gasteiger charge is 2.35. The number of halogens is 1. The van der Waals surface area contributed by atoms with Gasteiger partial charge in [0.1, 0.15) is 0 Å². The maximum atomic E-state index is 13.6. The number of fused-ring (bicyclic) bond motifs is 1. The minimum Gasteiger partial charge on any atom is -0.494 e. The summed E-state index contributed by atoms with van der Waals surface area (Å²) in [6, 6.07) is 3.97. The van der Waals surface area contributed by atoms with Crippen LogP contribution in [-0.2, 0) is 0 Å². The molecule has 5 heteroatoms. The van der Waals surface area contributed by atoms with Gasteiger partial charge in [-0.3, -0.25) is 4.90 Å². The molecular formula is C15H22FN3O. The highest BCUT2D eigenvalue weighted by Crippen LogP contribution is 2.33. The number of hydrogen-bond acceptors (Lipinski definition) is 4.